The number of hydrogen-bond acceptors (Lipinski definition) is 3. The molecule has 1 saturated heterocycles. The van der Waals surface area contributed by atoms with Gasteiger partial charge in [0.05, 0.1) is 25.2 Å². The van der Waals surface area contributed by atoms with Gasteiger partial charge in [-0.2, -0.15) is 0 Å². The van der Waals surface area contributed by atoms with E-state index in [1.165, 1.54) is 4.90 Å². The van der Waals surface area contributed by atoms with Crippen LogP contribution in [0.5, 0.6) is 0 Å². The van der Waals surface area contributed by atoms with E-state index in [-0.39, 0.29) is 24.7 Å². The van der Waals surface area contributed by atoms with Crippen molar-refractivity contribution in [2.75, 3.05) is 13.1 Å². The summed E-state index contributed by atoms with van der Waals surface area (Å²) < 4.78 is 5.48. The summed E-state index contributed by atoms with van der Waals surface area (Å²) in [5, 5.41) is 0. The predicted molar refractivity (Wildman–Crippen MR) is 50.4 cm³/mol. The lowest BCUT2D eigenvalue weighted by molar-refractivity contribution is -0.134. The van der Waals surface area contributed by atoms with E-state index in [1.807, 2.05) is 13.8 Å². The first-order chi connectivity index (χ1) is 6.49. The van der Waals surface area contributed by atoms with E-state index in [0.29, 0.717) is 13.0 Å². The SMILES string of the molecule is CC1CC(=O)N(CC(N)=O)CC(C)O1. The van der Waals surface area contributed by atoms with Crippen LogP contribution in [0, 0.1) is 0 Å². The van der Waals surface area contributed by atoms with Crippen LogP contribution < -0.4 is 5.73 Å². The maximum atomic E-state index is 11.5. The number of carbonyl (C=O) groups is 2. The Morgan fingerprint density at radius 1 is 1.57 bits per heavy atom. The summed E-state index contributed by atoms with van der Waals surface area (Å²) in [5.74, 6) is -0.555. The fourth-order valence-corrected chi connectivity index (χ4v) is 1.62. The van der Waals surface area contributed by atoms with Gasteiger partial charge < -0.3 is 15.4 Å². The molecule has 0 aromatic heterocycles. The average molecular weight is 200 g/mol. The monoisotopic (exact) mass is 200 g/mol. The summed E-state index contributed by atoms with van der Waals surface area (Å²) >= 11 is 0. The minimum Gasteiger partial charge on any atom is -0.373 e. The molecular weight excluding hydrogens is 184 g/mol. The molecule has 0 saturated carbocycles. The Labute approximate surface area is 83.2 Å². The highest BCUT2D eigenvalue weighted by Crippen LogP contribution is 2.12. The highest BCUT2D eigenvalue weighted by molar-refractivity contribution is 5.84. The molecule has 1 rings (SSSR count). The third-order valence-corrected chi connectivity index (χ3v) is 2.10. The van der Waals surface area contributed by atoms with Crippen molar-refractivity contribution in [3.63, 3.8) is 0 Å². The van der Waals surface area contributed by atoms with Crippen molar-refractivity contribution < 1.29 is 14.3 Å². The molecule has 80 valence electrons. The van der Waals surface area contributed by atoms with Crippen LogP contribution >= 0.6 is 0 Å². The summed E-state index contributed by atoms with van der Waals surface area (Å²) in [4.78, 5) is 23.7. The van der Waals surface area contributed by atoms with E-state index in [1.54, 1.807) is 0 Å². The van der Waals surface area contributed by atoms with Gasteiger partial charge in [-0.3, -0.25) is 9.59 Å². The van der Waals surface area contributed by atoms with Gasteiger partial charge in [0.1, 0.15) is 0 Å². The molecule has 5 nitrogen and oxygen atoms in total. The largest absolute Gasteiger partial charge is 0.373 e. The smallest absolute Gasteiger partial charge is 0.237 e. The maximum Gasteiger partial charge on any atom is 0.237 e. The van der Waals surface area contributed by atoms with Gasteiger partial charge in [0.2, 0.25) is 11.8 Å². The van der Waals surface area contributed by atoms with Crippen LogP contribution in [-0.4, -0.2) is 42.0 Å². The van der Waals surface area contributed by atoms with Gasteiger partial charge in [0, 0.05) is 6.54 Å². The Bertz CT molecular complexity index is 242. The van der Waals surface area contributed by atoms with Crippen LogP contribution in [0.4, 0.5) is 0 Å². The summed E-state index contributed by atoms with van der Waals surface area (Å²) in [6.45, 7) is 4.15. The normalized spacial score (nSPS) is 28.7. The van der Waals surface area contributed by atoms with Crippen molar-refractivity contribution in [2.45, 2.75) is 32.5 Å². The van der Waals surface area contributed by atoms with Gasteiger partial charge in [-0.15, -0.1) is 0 Å². The first-order valence-corrected chi connectivity index (χ1v) is 4.70. The van der Waals surface area contributed by atoms with Gasteiger partial charge in [-0.05, 0) is 13.8 Å². The van der Waals surface area contributed by atoms with Crippen LogP contribution in [0.2, 0.25) is 0 Å². The standard InChI is InChI=1S/C9H16N2O3/c1-6-3-9(13)11(5-8(10)12)4-7(2)14-6/h6-7H,3-5H2,1-2H3,(H2,10,12). The van der Waals surface area contributed by atoms with Crippen LogP contribution in [-0.2, 0) is 14.3 Å². The second-order valence-corrected chi connectivity index (χ2v) is 3.70. The Morgan fingerprint density at radius 3 is 2.79 bits per heavy atom. The van der Waals surface area contributed by atoms with Gasteiger partial charge in [-0.25, -0.2) is 0 Å². The quantitative estimate of drug-likeness (QED) is 0.653. The lowest BCUT2D eigenvalue weighted by atomic mass is 10.2. The number of primary amides is 1. The van der Waals surface area contributed by atoms with Crippen LogP contribution in [0.15, 0.2) is 0 Å². The molecule has 0 radical (unpaired) electrons. The Kier molecular flexibility index (Phi) is 3.46. The summed E-state index contributed by atoms with van der Waals surface area (Å²) in [6, 6.07) is 0. The summed E-state index contributed by atoms with van der Waals surface area (Å²) in [6.07, 6.45) is 0.184. The molecule has 2 amide bonds. The number of hydrogen-bond donors (Lipinski definition) is 1. The minimum absolute atomic E-state index is 0.0146. The maximum absolute atomic E-state index is 11.5. The number of ether oxygens (including phenoxy) is 1. The third kappa shape index (κ3) is 2.99. The van der Waals surface area contributed by atoms with Crippen LogP contribution in [0.3, 0.4) is 0 Å². The molecule has 2 N–H and O–H groups in total. The number of amides is 2. The molecule has 1 aliphatic heterocycles. The number of rotatable bonds is 2. The topological polar surface area (TPSA) is 72.6 Å². The fraction of sp³-hybridized carbons (Fsp3) is 0.778. The Hall–Kier alpha value is -1.10. The predicted octanol–water partition coefficient (Wildman–Crippen LogP) is -0.502. The van der Waals surface area contributed by atoms with E-state index >= 15 is 0 Å². The molecule has 5 heteroatoms. The van der Waals surface area contributed by atoms with Crippen molar-refractivity contribution in [3.05, 3.63) is 0 Å². The highest BCUT2D eigenvalue weighted by atomic mass is 16.5. The zero-order valence-corrected chi connectivity index (χ0v) is 8.53. The molecule has 14 heavy (non-hydrogen) atoms. The van der Waals surface area contributed by atoms with E-state index < -0.39 is 5.91 Å². The van der Waals surface area contributed by atoms with Gasteiger partial charge >= 0.3 is 0 Å². The van der Waals surface area contributed by atoms with Gasteiger partial charge in [-0.1, -0.05) is 0 Å². The fourth-order valence-electron chi connectivity index (χ4n) is 1.62. The first-order valence-electron chi connectivity index (χ1n) is 4.70. The molecule has 0 aromatic carbocycles. The molecule has 1 heterocycles. The van der Waals surface area contributed by atoms with E-state index in [9.17, 15) is 9.59 Å². The molecule has 0 aromatic rings. The molecule has 0 aliphatic carbocycles. The van der Waals surface area contributed by atoms with E-state index in [0.717, 1.165) is 0 Å². The zero-order chi connectivity index (χ0) is 10.7. The van der Waals surface area contributed by atoms with Crippen molar-refractivity contribution in [3.8, 4) is 0 Å². The van der Waals surface area contributed by atoms with Gasteiger partial charge in [0.25, 0.3) is 0 Å². The Morgan fingerprint density at radius 2 is 2.21 bits per heavy atom. The van der Waals surface area contributed by atoms with E-state index in [4.69, 9.17) is 10.5 Å². The molecular formula is C9H16N2O3. The molecule has 2 unspecified atom stereocenters. The number of nitrogens with two attached hydrogens (primary N) is 1. The molecule has 1 aliphatic rings. The van der Waals surface area contributed by atoms with Crippen molar-refractivity contribution in [1.82, 2.24) is 4.90 Å². The second kappa shape index (κ2) is 4.41. The van der Waals surface area contributed by atoms with Crippen molar-refractivity contribution in [1.29, 1.82) is 0 Å². The molecule has 2 atom stereocenters. The zero-order valence-electron chi connectivity index (χ0n) is 8.53. The lowest BCUT2D eigenvalue weighted by Crippen LogP contribution is -2.40. The second-order valence-electron chi connectivity index (χ2n) is 3.70. The summed E-state index contributed by atoms with van der Waals surface area (Å²) in [5.41, 5.74) is 5.04. The molecule has 1 fully saturated rings. The summed E-state index contributed by atoms with van der Waals surface area (Å²) in [7, 11) is 0. The van der Waals surface area contributed by atoms with Crippen LogP contribution in [0.1, 0.15) is 20.3 Å². The number of nitrogens with zero attached hydrogens (tertiary/aromatic N) is 1. The van der Waals surface area contributed by atoms with Crippen molar-refractivity contribution >= 4 is 11.8 Å². The number of carbonyl (C=O) groups excluding carboxylic acids is 2. The van der Waals surface area contributed by atoms with Crippen molar-refractivity contribution in [2.24, 2.45) is 5.73 Å². The van der Waals surface area contributed by atoms with E-state index in [2.05, 4.69) is 0 Å². The first kappa shape index (κ1) is 11.0. The lowest BCUT2D eigenvalue weighted by Gasteiger charge is -2.20. The third-order valence-electron chi connectivity index (χ3n) is 2.10. The van der Waals surface area contributed by atoms with Crippen LogP contribution in [0.25, 0.3) is 0 Å². The Balaban J connectivity index is 2.64. The molecule has 0 spiro atoms. The highest BCUT2D eigenvalue weighted by Gasteiger charge is 2.25. The minimum atomic E-state index is -0.486. The molecule has 0 bridgehead atoms. The average Bonchev–Trinajstić information content (AvgIpc) is 2.10. The van der Waals surface area contributed by atoms with Gasteiger partial charge in [0.15, 0.2) is 0 Å².